The zero-order valence-electron chi connectivity index (χ0n) is 29.9. The summed E-state index contributed by atoms with van der Waals surface area (Å²) in [5, 5.41) is 3.59. The molecule has 7 aromatic carbocycles. The summed E-state index contributed by atoms with van der Waals surface area (Å²) < 4.78 is 7.10. The van der Waals surface area contributed by atoms with Gasteiger partial charge in [-0.15, -0.1) is 0 Å². The highest BCUT2D eigenvalue weighted by atomic mass is 16.5. The fourth-order valence-electron chi connectivity index (χ4n) is 7.96. The molecule has 0 aromatic heterocycles. The van der Waals surface area contributed by atoms with Crippen molar-refractivity contribution in [3.63, 3.8) is 0 Å². The number of ether oxygens (including phenoxy) is 1. The van der Waals surface area contributed by atoms with Gasteiger partial charge in [0, 0.05) is 23.2 Å². The molecule has 1 aliphatic heterocycles. The van der Waals surface area contributed by atoms with Crippen molar-refractivity contribution in [1.82, 2.24) is 5.32 Å². The van der Waals surface area contributed by atoms with Gasteiger partial charge in [0.15, 0.2) is 0 Å². The number of likely N-dealkylation sites (N-methyl/N-ethyl adjacent to an activating group) is 1. The molecule has 0 bridgehead atoms. The smallest absolute Gasteiger partial charge is 0.135 e. The van der Waals surface area contributed by atoms with Crippen molar-refractivity contribution in [2.75, 3.05) is 13.1 Å². The predicted octanol–water partition coefficient (Wildman–Crippen LogP) is 12.5. The predicted molar refractivity (Wildman–Crippen MR) is 222 cm³/mol. The van der Waals surface area contributed by atoms with Gasteiger partial charge in [-0.1, -0.05) is 177 Å². The van der Waals surface area contributed by atoms with E-state index in [1.807, 2.05) is 0 Å². The molecule has 0 spiro atoms. The second-order valence-corrected chi connectivity index (χ2v) is 13.9. The Balaban J connectivity index is 1.06. The molecular formula is C51H41NO. The number of hydrogen-bond donors (Lipinski definition) is 1. The van der Waals surface area contributed by atoms with E-state index < -0.39 is 0 Å². The van der Waals surface area contributed by atoms with Crippen molar-refractivity contribution in [3.8, 4) is 61.4 Å². The number of fused-ring (bicyclic) bond motifs is 3. The van der Waals surface area contributed by atoms with Crippen LogP contribution in [0, 0.1) is 0 Å². The molecule has 0 saturated heterocycles. The third-order valence-corrected chi connectivity index (χ3v) is 10.7. The van der Waals surface area contributed by atoms with Gasteiger partial charge in [-0.25, -0.2) is 0 Å². The summed E-state index contributed by atoms with van der Waals surface area (Å²) >= 11 is 0. The summed E-state index contributed by atoms with van der Waals surface area (Å²) in [7, 11) is 0. The first kappa shape index (κ1) is 32.7. The van der Waals surface area contributed by atoms with E-state index in [9.17, 15) is 0 Å². The minimum absolute atomic E-state index is 0.106. The zero-order chi connectivity index (χ0) is 35.6. The van der Waals surface area contributed by atoms with Gasteiger partial charge in [-0.2, -0.15) is 0 Å². The lowest BCUT2D eigenvalue weighted by atomic mass is 9.78. The summed E-state index contributed by atoms with van der Waals surface area (Å²) in [6.07, 6.45) is 4.50. The first-order chi connectivity index (χ1) is 26.2. The summed E-state index contributed by atoms with van der Waals surface area (Å²) in [6, 6.07) is 63.4. The van der Waals surface area contributed by atoms with Gasteiger partial charge in [-0.05, 0) is 86.0 Å². The molecule has 1 heterocycles. The molecular weight excluding hydrogens is 643 g/mol. The number of rotatable bonds is 9. The largest absolute Gasteiger partial charge is 0.484 e. The number of allylic oxidation sites excluding steroid dienone is 2. The molecule has 2 nitrogen and oxygen atoms in total. The molecule has 2 unspecified atom stereocenters. The van der Waals surface area contributed by atoms with Crippen molar-refractivity contribution in [3.05, 3.63) is 205 Å². The molecule has 1 N–H and O–H groups in total. The minimum atomic E-state index is -0.106. The van der Waals surface area contributed by atoms with Crippen molar-refractivity contribution >= 4 is 5.57 Å². The fourth-order valence-corrected chi connectivity index (χ4v) is 7.96. The molecule has 2 heteroatoms. The van der Waals surface area contributed by atoms with Crippen LogP contribution in [0.1, 0.15) is 24.0 Å². The summed E-state index contributed by atoms with van der Waals surface area (Å²) in [5.41, 5.74) is 17.0. The Bertz CT molecular complexity index is 2370. The molecule has 0 fully saturated rings. The van der Waals surface area contributed by atoms with Gasteiger partial charge in [0.2, 0.25) is 0 Å². The summed E-state index contributed by atoms with van der Waals surface area (Å²) in [6.45, 7) is 3.92. The van der Waals surface area contributed by atoms with Gasteiger partial charge in [-0.3, -0.25) is 0 Å². The average molecular weight is 684 g/mol. The highest BCUT2D eigenvalue weighted by molar-refractivity contribution is 5.84. The topological polar surface area (TPSA) is 21.3 Å². The van der Waals surface area contributed by atoms with E-state index in [1.165, 1.54) is 72.3 Å². The lowest BCUT2D eigenvalue weighted by molar-refractivity contribution is 0.274. The second-order valence-electron chi connectivity index (χ2n) is 13.9. The van der Waals surface area contributed by atoms with E-state index in [4.69, 9.17) is 4.74 Å². The lowest BCUT2D eigenvalue weighted by Crippen LogP contribution is -2.29. The van der Waals surface area contributed by atoms with E-state index in [-0.39, 0.29) is 12.0 Å². The molecule has 9 rings (SSSR count). The third-order valence-electron chi connectivity index (χ3n) is 10.7. The van der Waals surface area contributed by atoms with Crippen LogP contribution in [0.2, 0.25) is 0 Å². The van der Waals surface area contributed by atoms with E-state index >= 15 is 0 Å². The van der Waals surface area contributed by atoms with E-state index in [2.05, 4.69) is 200 Å². The van der Waals surface area contributed by atoms with E-state index in [0.717, 1.165) is 24.4 Å². The standard InChI is InChI=1S/C51H41NO/c1-2-52-34-42-29-30-47(51-49(42)48-20-12-19-46(50(48)53-51)40-25-21-38(22-26-40)35-13-6-3-7-14-35)41-27-23-39(24-28-41)45-32-43(36-15-8-4-9-16-36)31-44(33-45)37-17-10-5-11-18-37/h3-33,49,51-52H,2,34H2,1H3. The van der Waals surface area contributed by atoms with Crippen LogP contribution in [0.3, 0.4) is 0 Å². The quantitative estimate of drug-likeness (QED) is 0.164. The van der Waals surface area contributed by atoms with Crippen molar-refractivity contribution in [2.45, 2.75) is 18.9 Å². The summed E-state index contributed by atoms with van der Waals surface area (Å²) in [4.78, 5) is 0. The monoisotopic (exact) mass is 683 g/mol. The molecule has 2 atom stereocenters. The second kappa shape index (κ2) is 14.4. The van der Waals surface area contributed by atoms with Crippen molar-refractivity contribution in [2.24, 2.45) is 0 Å². The Morgan fingerprint density at radius 1 is 0.453 bits per heavy atom. The lowest BCUT2D eigenvalue weighted by Gasteiger charge is -2.28. The first-order valence-corrected chi connectivity index (χ1v) is 18.7. The number of benzene rings is 7. The Kier molecular flexibility index (Phi) is 8.89. The highest BCUT2D eigenvalue weighted by Crippen LogP contribution is 2.52. The van der Waals surface area contributed by atoms with Crippen molar-refractivity contribution in [1.29, 1.82) is 0 Å². The van der Waals surface area contributed by atoms with Crippen LogP contribution in [0.25, 0.3) is 61.2 Å². The zero-order valence-corrected chi connectivity index (χ0v) is 29.9. The Hall–Kier alpha value is -6.22. The normalized spacial score (nSPS) is 15.9. The maximum absolute atomic E-state index is 7.10. The highest BCUT2D eigenvalue weighted by Gasteiger charge is 2.42. The maximum atomic E-state index is 7.10. The SMILES string of the molecule is CCNCC1=CC=C(c2ccc(-c3cc(-c4ccccc4)cc(-c4ccccc4)c3)cc2)C2Oc3c(-c4ccc(-c5ccccc5)cc4)cccc3C12. The molecule has 0 saturated carbocycles. The number of nitrogens with one attached hydrogen (secondary N) is 1. The van der Waals surface area contributed by atoms with Gasteiger partial charge in [0.25, 0.3) is 0 Å². The van der Waals surface area contributed by atoms with Gasteiger partial charge in [0.1, 0.15) is 11.9 Å². The number of hydrogen-bond acceptors (Lipinski definition) is 2. The van der Waals surface area contributed by atoms with Crippen LogP contribution in [-0.4, -0.2) is 19.2 Å². The third kappa shape index (κ3) is 6.43. The number of para-hydroxylation sites is 1. The molecule has 256 valence electrons. The fraction of sp³-hybridized carbons (Fsp3) is 0.0980. The van der Waals surface area contributed by atoms with Gasteiger partial charge in [0.05, 0.1) is 5.92 Å². The van der Waals surface area contributed by atoms with Gasteiger partial charge >= 0.3 is 0 Å². The van der Waals surface area contributed by atoms with E-state index in [1.54, 1.807) is 0 Å². The Morgan fingerprint density at radius 2 is 0.925 bits per heavy atom. The molecule has 0 amide bonds. The van der Waals surface area contributed by atoms with Crippen LogP contribution in [0.5, 0.6) is 5.75 Å². The molecule has 1 aliphatic carbocycles. The molecule has 2 aliphatic rings. The molecule has 7 aromatic rings. The van der Waals surface area contributed by atoms with Crippen molar-refractivity contribution < 1.29 is 4.74 Å². The Morgan fingerprint density at radius 3 is 1.47 bits per heavy atom. The van der Waals surface area contributed by atoms with Crippen LogP contribution < -0.4 is 10.1 Å². The van der Waals surface area contributed by atoms with Crippen LogP contribution in [0.15, 0.2) is 194 Å². The summed E-state index contributed by atoms with van der Waals surface area (Å²) in [5.74, 6) is 1.14. The molecule has 53 heavy (non-hydrogen) atoms. The first-order valence-electron chi connectivity index (χ1n) is 18.7. The minimum Gasteiger partial charge on any atom is -0.484 e. The van der Waals surface area contributed by atoms with Crippen LogP contribution >= 0.6 is 0 Å². The van der Waals surface area contributed by atoms with E-state index in [0.29, 0.717) is 0 Å². The van der Waals surface area contributed by atoms with Crippen LogP contribution in [0.4, 0.5) is 0 Å². The average Bonchev–Trinajstić information content (AvgIpc) is 3.64. The molecule has 0 radical (unpaired) electrons. The maximum Gasteiger partial charge on any atom is 0.135 e. The van der Waals surface area contributed by atoms with Crippen LogP contribution in [-0.2, 0) is 0 Å². The van der Waals surface area contributed by atoms with Gasteiger partial charge < -0.3 is 10.1 Å². The Labute approximate surface area is 312 Å².